The van der Waals surface area contributed by atoms with E-state index in [9.17, 15) is 19.8 Å². The number of rotatable bonds is 6. The van der Waals surface area contributed by atoms with Gasteiger partial charge in [0, 0.05) is 23.9 Å². The van der Waals surface area contributed by atoms with Gasteiger partial charge in [-0.05, 0) is 47.4 Å². The second-order valence-electron chi connectivity index (χ2n) is 7.44. The summed E-state index contributed by atoms with van der Waals surface area (Å²) < 4.78 is 0. The Balaban J connectivity index is 1.55. The van der Waals surface area contributed by atoms with E-state index in [0.717, 1.165) is 17.5 Å². The number of fused-ring (bicyclic) bond motifs is 1. The number of carbonyl (C=O) groups excluding carboxylic acids is 2. The molecule has 1 aliphatic rings. The molecule has 0 fully saturated rings. The van der Waals surface area contributed by atoms with Crippen LogP contribution in [0.25, 0.3) is 11.6 Å². The molecule has 0 aliphatic carbocycles. The number of benzene rings is 3. The first-order chi connectivity index (χ1) is 15.5. The number of allylic oxidation sites excluding steroid dienone is 1. The van der Waals surface area contributed by atoms with Crippen molar-refractivity contribution in [3.8, 4) is 11.5 Å². The molecule has 0 atom stereocenters. The highest BCUT2D eigenvalue weighted by Crippen LogP contribution is 2.27. The van der Waals surface area contributed by atoms with Crippen LogP contribution in [-0.2, 0) is 17.8 Å². The Hall–Kier alpha value is -4.32. The first-order valence-electron chi connectivity index (χ1n) is 10.2. The van der Waals surface area contributed by atoms with Crippen LogP contribution in [-0.4, -0.2) is 22.0 Å². The molecule has 1 heterocycles. The van der Waals surface area contributed by atoms with Crippen LogP contribution in [0.15, 0.2) is 79.0 Å². The second-order valence-corrected chi connectivity index (χ2v) is 7.44. The normalized spacial score (nSPS) is 14.4. The molecule has 4 N–H and O–H groups in total. The molecule has 160 valence electrons. The summed E-state index contributed by atoms with van der Waals surface area (Å²) >= 11 is 0. The molecular formula is C26H22N2O4. The smallest absolute Gasteiger partial charge is 0.260 e. The van der Waals surface area contributed by atoms with Crippen LogP contribution < -0.4 is 10.6 Å². The van der Waals surface area contributed by atoms with Gasteiger partial charge in [0.2, 0.25) is 0 Å². The monoisotopic (exact) mass is 426 g/mol. The van der Waals surface area contributed by atoms with E-state index in [1.165, 1.54) is 17.7 Å². The number of hydrogen-bond donors (Lipinski definition) is 4. The SMILES string of the molecule is O=C1NC(=O)c2ccc(/C=C/Cc3ccccc3)cc2/C1=C\NCc1ccc(O)c(O)c1. The van der Waals surface area contributed by atoms with Gasteiger partial charge in [-0.1, -0.05) is 54.6 Å². The van der Waals surface area contributed by atoms with E-state index in [2.05, 4.69) is 22.8 Å². The van der Waals surface area contributed by atoms with E-state index >= 15 is 0 Å². The minimum absolute atomic E-state index is 0.195. The predicted octanol–water partition coefficient (Wildman–Crippen LogP) is 3.75. The number of aromatic hydroxyl groups is 2. The highest BCUT2D eigenvalue weighted by atomic mass is 16.3. The number of amides is 2. The molecule has 32 heavy (non-hydrogen) atoms. The van der Waals surface area contributed by atoms with Gasteiger partial charge in [0.1, 0.15) is 0 Å². The van der Waals surface area contributed by atoms with Gasteiger partial charge < -0.3 is 15.5 Å². The van der Waals surface area contributed by atoms with E-state index in [-0.39, 0.29) is 11.5 Å². The minimum Gasteiger partial charge on any atom is -0.504 e. The van der Waals surface area contributed by atoms with Crippen LogP contribution in [0.4, 0.5) is 0 Å². The van der Waals surface area contributed by atoms with Gasteiger partial charge >= 0.3 is 0 Å². The van der Waals surface area contributed by atoms with Crippen LogP contribution in [0.3, 0.4) is 0 Å². The standard InChI is InChI=1S/C26H22N2O4/c29-23-12-10-19(14-24(23)30)15-27-16-22-21-13-18(8-4-7-17-5-2-1-3-6-17)9-11-20(21)25(31)28-26(22)32/h1-6,8-14,16,27,29-30H,7,15H2,(H,28,31,32)/b8-4+,22-16+. The van der Waals surface area contributed by atoms with Gasteiger partial charge in [-0.15, -0.1) is 0 Å². The highest BCUT2D eigenvalue weighted by molar-refractivity contribution is 6.31. The summed E-state index contributed by atoms with van der Waals surface area (Å²) in [4.78, 5) is 24.8. The van der Waals surface area contributed by atoms with Crippen molar-refractivity contribution in [2.24, 2.45) is 0 Å². The molecule has 0 aromatic heterocycles. The van der Waals surface area contributed by atoms with E-state index in [4.69, 9.17) is 0 Å². The molecule has 0 saturated carbocycles. The van der Waals surface area contributed by atoms with Gasteiger partial charge in [0.05, 0.1) is 5.57 Å². The minimum atomic E-state index is -0.478. The van der Waals surface area contributed by atoms with Crippen molar-refractivity contribution in [3.05, 3.63) is 107 Å². The zero-order valence-electron chi connectivity index (χ0n) is 17.2. The maximum Gasteiger partial charge on any atom is 0.260 e. The quantitative estimate of drug-likeness (QED) is 0.273. The number of imide groups is 1. The van der Waals surface area contributed by atoms with Crippen molar-refractivity contribution in [2.45, 2.75) is 13.0 Å². The Morgan fingerprint density at radius 1 is 0.812 bits per heavy atom. The molecule has 0 spiro atoms. The fourth-order valence-corrected chi connectivity index (χ4v) is 3.48. The lowest BCUT2D eigenvalue weighted by Gasteiger charge is -2.19. The van der Waals surface area contributed by atoms with E-state index in [1.807, 2.05) is 42.5 Å². The summed E-state index contributed by atoms with van der Waals surface area (Å²) in [6, 6.07) is 20.0. The van der Waals surface area contributed by atoms with Crippen LogP contribution in [0, 0.1) is 0 Å². The second kappa shape index (κ2) is 9.22. The Labute approximate surface area is 185 Å². The van der Waals surface area contributed by atoms with Gasteiger partial charge in [-0.25, -0.2) is 0 Å². The molecule has 0 bridgehead atoms. The zero-order chi connectivity index (χ0) is 22.5. The lowest BCUT2D eigenvalue weighted by atomic mass is 9.93. The van der Waals surface area contributed by atoms with Crippen molar-refractivity contribution in [1.29, 1.82) is 0 Å². The molecule has 6 heteroatoms. The summed E-state index contributed by atoms with van der Waals surface area (Å²) in [5, 5.41) is 24.4. The van der Waals surface area contributed by atoms with E-state index < -0.39 is 11.8 Å². The van der Waals surface area contributed by atoms with Crippen molar-refractivity contribution in [2.75, 3.05) is 0 Å². The summed E-state index contributed by atoms with van der Waals surface area (Å²) in [6.07, 6.45) is 6.35. The molecular weight excluding hydrogens is 404 g/mol. The third kappa shape index (κ3) is 4.70. The summed E-state index contributed by atoms with van der Waals surface area (Å²) in [5.41, 5.74) is 4.14. The largest absolute Gasteiger partial charge is 0.504 e. The number of phenolic OH excluding ortho intramolecular Hbond substituents is 2. The molecule has 2 amide bonds. The lowest BCUT2D eigenvalue weighted by Crippen LogP contribution is -2.37. The molecule has 0 unspecified atom stereocenters. The summed E-state index contributed by atoms with van der Waals surface area (Å²) in [5.74, 6) is -1.31. The summed E-state index contributed by atoms with van der Waals surface area (Å²) in [6.45, 7) is 0.324. The molecule has 3 aromatic carbocycles. The number of nitrogens with one attached hydrogen (secondary N) is 2. The van der Waals surface area contributed by atoms with E-state index in [1.54, 1.807) is 18.3 Å². The van der Waals surface area contributed by atoms with Crippen molar-refractivity contribution >= 4 is 23.5 Å². The van der Waals surface area contributed by atoms with Gasteiger partial charge in [0.25, 0.3) is 11.8 Å². The van der Waals surface area contributed by atoms with E-state index in [0.29, 0.717) is 23.2 Å². The Kier molecular flexibility index (Phi) is 6.03. The Morgan fingerprint density at radius 2 is 1.62 bits per heavy atom. The predicted molar refractivity (Wildman–Crippen MR) is 123 cm³/mol. The molecule has 6 nitrogen and oxygen atoms in total. The first kappa shape index (κ1) is 20.9. The van der Waals surface area contributed by atoms with Crippen molar-refractivity contribution < 1.29 is 19.8 Å². The summed E-state index contributed by atoms with van der Waals surface area (Å²) in [7, 11) is 0. The third-order valence-electron chi connectivity index (χ3n) is 5.15. The third-order valence-corrected chi connectivity index (χ3v) is 5.15. The highest BCUT2D eigenvalue weighted by Gasteiger charge is 2.27. The number of hydrogen-bond acceptors (Lipinski definition) is 5. The lowest BCUT2D eigenvalue weighted by molar-refractivity contribution is -0.114. The maximum absolute atomic E-state index is 12.5. The van der Waals surface area contributed by atoms with Crippen LogP contribution >= 0.6 is 0 Å². The van der Waals surface area contributed by atoms with Gasteiger partial charge in [-0.2, -0.15) is 0 Å². The van der Waals surface area contributed by atoms with Gasteiger partial charge in [0.15, 0.2) is 11.5 Å². The Morgan fingerprint density at radius 3 is 2.41 bits per heavy atom. The average Bonchev–Trinajstić information content (AvgIpc) is 2.79. The van der Waals surface area contributed by atoms with Crippen LogP contribution in [0.2, 0.25) is 0 Å². The topological polar surface area (TPSA) is 98.7 Å². The molecule has 3 aromatic rings. The molecule has 4 rings (SSSR count). The first-order valence-corrected chi connectivity index (χ1v) is 10.2. The fraction of sp³-hybridized carbons (Fsp3) is 0.0769. The van der Waals surface area contributed by atoms with Gasteiger partial charge in [-0.3, -0.25) is 14.9 Å². The maximum atomic E-state index is 12.5. The average molecular weight is 426 g/mol. The number of phenols is 2. The van der Waals surface area contributed by atoms with Crippen LogP contribution in [0.5, 0.6) is 11.5 Å². The van der Waals surface area contributed by atoms with Crippen molar-refractivity contribution in [3.63, 3.8) is 0 Å². The number of carbonyl (C=O) groups is 2. The molecule has 0 radical (unpaired) electrons. The molecule has 1 aliphatic heterocycles. The van der Waals surface area contributed by atoms with Crippen molar-refractivity contribution in [1.82, 2.24) is 10.6 Å². The van der Waals surface area contributed by atoms with Crippen LogP contribution in [0.1, 0.15) is 32.6 Å². The molecule has 0 saturated heterocycles. The Bertz CT molecular complexity index is 1230. The fourth-order valence-electron chi connectivity index (χ4n) is 3.48. The zero-order valence-corrected chi connectivity index (χ0v) is 17.2.